The van der Waals surface area contributed by atoms with Gasteiger partial charge in [0.05, 0.1) is 12.2 Å². The molecule has 0 saturated carbocycles. The molecule has 0 radical (unpaired) electrons. The Kier molecular flexibility index (Phi) is 7.09. The van der Waals surface area contributed by atoms with Crippen LogP contribution in [-0.2, 0) is 6.42 Å². The average Bonchev–Trinajstić information content (AvgIpc) is 2.62. The Morgan fingerprint density at radius 1 is 1.00 bits per heavy atom. The van der Waals surface area contributed by atoms with Crippen LogP contribution in [0.15, 0.2) is 61.2 Å². The van der Waals surface area contributed by atoms with Gasteiger partial charge >= 0.3 is 5.97 Å². The lowest BCUT2D eigenvalue weighted by atomic mass is 10.2. The number of hydrogen-bond donors (Lipinski definition) is 0. The largest absolute Gasteiger partial charge is 0.494 e. The highest BCUT2D eigenvalue weighted by atomic mass is 16.5. The number of esters is 1. The molecule has 0 atom stereocenters. The summed E-state index contributed by atoms with van der Waals surface area (Å²) in [5.41, 5.74) is 1.72. The molecule has 2 aromatic rings. The van der Waals surface area contributed by atoms with Crippen LogP contribution in [0.4, 0.5) is 0 Å². The van der Waals surface area contributed by atoms with Gasteiger partial charge in [0.1, 0.15) is 11.5 Å². The van der Waals surface area contributed by atoms with Gasteiger partial charge in [0.15, 0.2) is 0 Å². The summed E-state index contributed by atoms with van der Waals surface area (Å²) in [6, 6.07) is 14.6. The molecule has 0 aromatic heterocycles. The summed E-state index contributed by atoms with van der Waals surface area (Å²) >= 11 is 0. The Hall–Kier alpha value is -2.55. The molecule has 0 aliphatic rings. The molecule has 0 aliphatic heterocycles. The number of ether oxygens (including phenoxy) is 2. The molecule has 126 valence electrons. The second kappa shape index (κ2) is 9.56. The van der Waals surface area contributed by atoms with Crippen molar-refractivity contribution in [3.05, 3.63) is 72.3 Å². The molecule has 3 heteroatoms. The predicted molar refractivity (Wildman–Crippen MR) is 96.8 cm³/mol. The number of aryl methyl sites for hydroxylation is 1. The van der Waals surface area contributed by atoms with Crippen LogP contribution in [0.3, 0.4) is 0 Å². The van der Waals surface area contributed by atoms with Crippen LogP contribution >= 0.6 is 0 Å². The van der Waals surface area contributed by atoms with E-state index in [-0.39, 0.29) is 5.97 Å². The SMILES string of the molecule is C=CCCCCOc1ccc(C(=O)Oc2ccc(CC)cc2)cc1. The first kappa shape index (κ1) is 17.8. The lowest BCUT2D eigenvalue weighted by Crippen LogP contribution is -2.08. The Morgan fingerprint density at radius 3 is 2.29 bits per heavy atom. The maximum atomic E-state index is 12.1. The molecule has 0 unspecified atom stereocenters. The highest BCUT2D eigenvalue weighted by Crippen LogP contribution is 2.17. The van der Waals surface area contributed by atoms with Crippen molar-refractivity contribution in [1.82, 2.24) is 0 Å². The zero-order chi connectivity index (χ0) is 17.2. The molecule has 0 saturated heterocycles. The normalized spacial score (nSPS) is 10.2. The topological polar surface area (TPSA) is 35.5 Å². The molecule has 2 aromatic carbocycles. The molecule has 0 bridgehead atoms. The summed E-state index contributed by atoms with van der Waals surface area (Å²) in [6.07, 6.45) is 5.95. The number of hydrogen-bond acceptors (Lipinski definition) is 3. The van der Waals surface area contributed by atoms with E-state index >= 15 is 0 Å². The smallest absolute Gasteiger partial charge is 0.343 e. The van der Waals surface area contributed by atoms with E-state index in [1.54, 1.807) is 24.3 Å². The fourth-order valence-electron chi connectivity index (χ4n) is 2.23. The fraction of sp³-hybridized carbons (Fsp3) is 0.286. The molecule has 0 N–H and O–H groups in total. The Labute approximate surface area is 143 Å². The third kappa shape index (κ3) is 5.58. The van der Waals surface area contributed by atoms with Crippen LogP contribution in [0.2, 0.25) is 0 Å². The number of allylic oxidation sites excluding steroid dienone is 1. The minimum atomic E-state index is -0.364. The molecular weight excluding hydrogens is 300 g/mol. The van der Waals surface area contributed by atoms with Gasteiger partial charge in [0, 0.05) is 0 Å². The highest BCUT2D eigenvalue weighted by Gasteiger charge is 2.08. The Balaban J connectivity index is 1.84. The molecule has 3 nitrogen and oxygen atoms in total. The standard InChI is InChI=1S/C21H24O3/c1-3-5-6-7-16-23-19-14-10-18(11-15-19)21(22)24-20-12-8-17(4-2)9-13-20/h3,8-15H,1,4-7,16H2,2H3. The molecule has 24 heavy (non-hydrogen) atoms. The van der Waals surface area contributed by atoms with Gasteiger partial charge in [-0.15, -0.1) is 6.58 Å². The minimum Gasteiger partial charge on any atom is -0.494 e. The number of rotatable bonds is 9. The first-order chi connectivity index (χ1) is 11.7. The zero-order valence-electron chi connectivity index (χ0n) is 14.2. The quantitative estimate of drug-likeness (QED) is 0.275. The number of benzene rings is 2. The molecular formula is C21H24O3. The molecule has 0 spiro atoms. The monoisotopic (exact) mass is 324 g/mol. The second-order valence-electron chi connectivity index (χ2n) is 5.54. The van der Waals surface area contributed by atoms with E-state index in [9.17, 15) is 4.79 Å². The van der Waals surface area contributed by atoms with Crippen molar-refractivity contribution in [2.24, 2.45) is 0 Å². The third-order valence-corrected chi connectivity index (χ3v) is 3.70. The fourth-order valence-corrected chi connectivity index (χ4v) is 2.23. The first-order valence-electron chi connectivity index (χ1n) is 8.38. The van der Waals surface area contributed by atoms with E-state index in [0.717, 1.165) is 31.4 Å². The van der Waals surface area contributed by atoms with E-state index in [2.05, 4.69) is 13.5 Å². The molecule has 0 amide bonds. The second-order valence-corrected chi connectivity index (χ2v) is 5.54. The van der Waals surface area contributed by atoms with Crippen molar-refractivity contribution in [2.45, 2.75) is 32.6 Å². The van der Waals surface area contributed by atoms with Crippen molar-refractivity contribution < 1.29 is 14.3 Å². The van der Waals surface area contributed by atoms with E-state index in [1.807, 2.05) is 30.3 Å². The maximum Gasteiger partial charge on any atom is 0.343 e. The predicted octanol–water partition coefficient (Wildman–Crippen LogP) is 5.20. The van der Waals surface area contributed by atoms with Crippen LogP contribution in [0.25, 0.3) is 0 Å². The molecule has 0 aliphatic carbocycles. The van der Waals surface area contributed by atoms with Gasteiger partial charge in [-0.05, 0) is 67.6 Å². The summed E-state index contributed by atoms with van der Waals surface area (Å²) in [7, 11) is 0. The van der Waals surface area contributed by atoms with Crippen LogP contribution in [0.5, 0.6) is 11.5 Å². The molecule has 0 heterocycles. The third-order valence-electron chi connectivity index (χ3n) is 3.70. The van der Waals surface area contributed by atoms with Gasteiger partial charge in [0.25, 0.3) is 0 Å². The van der Waals surface area contributed by atoms with Crippen molar-refractivity contribution in [3.8, 4) is 11.5 Å². The van der Waals surface area contributed by atoms with Crippen LogP contribution in [0, 0.1) is 0 Å². The summed E-state index contributed by atoms with van der Waals surface area (Å²) < 4.78 is 11.0. The van der Waals surface area contributed by atoms with E-state index < -0.39 is 0 Å². The van der Waals surface area contributed by atoms with Crippen LogP contribution in [0.1, 0.15) is 42.1 Å². The number of carbonyl (C=O) groups is 1. The van der Waals surface area contributed by atoms with Gasteiger partial charge < -0.3 is 9.47 Å². The highest BCUT2D eigenvalue weighted by molar-refractivity contribution is 5.91. The summed E-state index contributed by atoms with van der Waals surface area (Å²) in [6.45, 7) is 6.45. The van der Waals surface area contributed by atoms with Gasteiger partial charge in [-0.1, -0.05) is 25.1 Å². The van der Waals surface area contributed by atoms with Gasteiger partial charge in [0.2, 0.25) is 0 Å². The minimum absolute atomic E-state index is 0.364. The average molecular weight is 324 g/mol. The number of carbonyl (C=O) groups excluding carboxylic acids is 1. The summed E-state index contributed by atoms with van der Waals surface area (Å²) in [5, 5.41) is 0. The lowest BCUT2D eigenvalue weighted by Gasteiger charge is -2.07. The van der Waals surface area contributed by atoms with E-state index in [4.69, 9.17) is 9.47 Å². The first-order valence-corrected chi connectivity index (χ1v) is 8.38. The maximum absolute atomic E-state index is 12.1. The number of unbranched alkanes of at least 4 members (excludes halogenated alkanes) is 2. The zero-order valence-corrected chi connectivity index (χ0v) is 14.2. The lowest BCUT2D eigenvalue weighted by molar-refractivity contribution is 0.0734. The van der Waals surface area contributed by atoms with Crippen molar-refractivity contribution >= 4 is 5.97 Å². The van der Waals surface area contributed by atoms with Crippen LogP contribution < -0.4 is 9.47 Å². The molecule has 0 fully saturated rings. The Bertz CT molecular complexity index is 642. The Morgan fingerprint density at radius 2 is 1.67 bits per heavy atom. The van der Waals surface area contributed by atoms with Crippen molar-refractivity contribution in [2.75, 3.05) is 6.61 Å². The van der Waals surface area contributed by atoms with Gasteiger partial charge in [-0.2, -0.15) is 0 Å². The van der Waals surface area contributed by atoms with E-state index in [0.29, 0.717) is 17.9 Å². The summed E-state index contributed by atoms with van der Waals surface area (Å²) in [4.78, 5) is 12.1. The van der Waals surface area contributed by atoms with Crippen molar-refractivity contribution in [1.29, 1.82) is 0 Å². The van der Waals surface area contributed by atoms with Gasteiger partial charge in [-0.25, -0.2) is 4.79 Å². The molecule has 2 rings (SSSR count). The van der Waals surface area contributed by atoms with Gasteiger partial charge in [-0.3, -0.25) is 0 Å². The van der Waals surface area contributed by atoms with E-state index in [1.165, 1.54) is 5.56 Å². The van der Waals surface area contributed by atoms with Crippen LogP contribution in [-0.4, -0.2) is 12.6 Å². The van der Waals surface area contributed by atoms with Crippen molar-refractivity contribution in [3.63, 3.8) is 0 Å². The summed E-state index contributed by atoms with van der Waals surface area (Å²) in [5.74, 6) is 0.953.